The first-order valence-electron chi connectivity index (χ1n) is 5.81. The Morgan fingerprint density at radius 1 is 1.31 bits per heavy atom. The molecule has 94 valence electrons. The zero-order chi connectivity index (χ0) is 12.2. The molecule has 0 amide bonds. The second-order valence-corrected chi connectivity index (χ2v) is 5.15. The van der Waals surface area contributed by atoms with E-state index >= 15 is 0 Å². The molecule has 0 radical (unpaired) electrons. The molecular weight excluding hydrogens is 208 g/mol. The third-order valence-corrected chi connectivity index (χ3v) is 2.55. The maximum absolute atomic E-state index is 11.8. The summed E-state index contributed by atoms with van der Waals surface area (Å²) in [6.07, 6.45) is 0.516. The van der Waals surface area contributed by atoms with Crippen molar-refractivity contribution in [3.05, 3.63) is 0 Å². The summed E-state index contributed by atoms with van der Waals surface area (Å²) >= 11 is 0. The summed E-state index contributed by atoms with van der Waals surface area (Å²) < 4.78 is 15.9. The topological polar surface area (TPSA) is 44.8 Å². The third-order valence-electron chi connectivity index (χ3n) is 2.55. The molecule has 4 heteroatoms. The van der Waals surface area contributed by atoms with E-state index in [1.807, 2.05) is 27.7 Å². The van der Waals surface area contributed by atoms with E-state index in [0.717, 1.165) is 0 Å². The van der Waals surface area contributed by atoms with E-state index < -0.39 is 6.48 Å². The molecule has 0 atom stereocenters. The fraction of sp³-hybridized carbons (Fsp3) is 0.917. The number of hydrogen-bond acceptors (Lipinski definition) is 4. The van der Waals surface area contributed by atoms with E-state index in [1.54, 1.807) is 0 Å². The van der Waals surface area contributed by atoms with E-state index in [0.29, 0.717) is 26.2 Å². The van der Waals surface area contributed by atoms with E-state index in [4.69, 9.17) is 14.2 Å². The van der Waals surface area contributed by atoms with Crippen LogP contribution >= 0.6 is 0 Å². The van der Waals surface area contributed by atoms with Crippen molar-refractivity contribution in [1.29, 1.82) is 0 Å². The third kappa shape index (κ3) is 4.20. The van der Waals surface area contributed by atoms with Crippen molar-refractivity contribution < 1.29 is 19.0 Å². The van der Waals surface area contributed by atoms with Gasteiger partial charge in [0.05, 0.1) is 13.2 Å². The number of Topliss-reactive ketones (excluding diaryl/α,β-unsaturated/α-hetero) is 1. The first kappa shape index (κ1) is 13.6. The van der Waals surface area contributed by atoms with Crippen LogP contribution < -0.4 is 0 Å². The predicted octanol–water partition coefficient (Wildman–Crippen LogP) is 1.97. The van der Waals surface area contributed by atoms with Crippen LogP contribution in [0.5, 0.6) is 0 Å². The summed E-state index contributed by atoms with van der Waals surface area (Å²) in [4.78, 5) is 11.8. The summed E-state index contributed by atoms with van der Waals surface area (Å²) in [5.41, 5.74) is -0.281. The van der Waals surface area contributed by atoms with Crippen LogP contribution in [0.2, 0.25) is 0 Å². The molecule has 1 aliphatic rings. The van der Waals surface area contributed by atoms with Crippen molar-refractivity contribution in [1.82, 2.24) is 0 Å². The summed E-state index contributed by atoms with van der Waals surface area (Å²) in [6, 6.07) is 0. The van der Waals surface area contributed by atoms with Crippen molar-refractivity contribution in [3.8, 4) is 0 Å². The second-order valence-electron chi connectivity index (χ2n) is 5.15. The molecule has 16 heavy (non-hydrogen) atoms. The standard InChI is InChI=1S/C12H22O4/c1-5-14-11-15-7-9(8-16-11)6-10(13)12(2,3)4/h9,11H,5-8H2,1-4H3. The van der Waals surface area contributed by atoms with Crippen molar-refractivity contribution in [2.75, 3.05) is 19.8 Å². The highest BCUT2D eigenvalue weighted by Gasteiger charge is 2.28. The molecule has 0 aromatic carbocycles. The quantitative estimate of drug-likeness (QED) is 0.740. The number of carbonyl (C=O) groups is 1. The lowest BCUT2D eigenvalue weighted by atomic mass is 9.85. The molecule has 1 rings (SSSR count). The van der Waals surface area contributed by atoms with Gasteiger partial charge in [0.1, 0.15) is 5.78 Å². The molecule has 0 aliphatic carbocycles. The van der Waals surface area contributed by atoms with Gasteiger partial charge in [0, 0.05) is 24.4 Å². The predicted molar refractivity (Wildman–Crippen MR) is 59.9 cm³/mol. The zero-order valence-corrected chi connectivity index (χ0v) is 10.6. The number of carbonyl (C=O) groups excluding carboxylic acids is 1. The minimum absolute atomic E-state index is 0.156. The number of hydrogen-bond donors (Lipinski definition) is 0. The molecule has 1 fully saturated rings. The fourth-order valence-electron chi connectivity index (χ4n) is 1.44. The van der Waals surface area contributed by atoms with Crippen LogP contribution in [0.1, 0.15) is 34.1 Å². The Morgan fingerprint density at radius 3 is 2.31 bits per heavy atom. The number of rotatable bonds is 4. The largest absolute Gasteiger partial charge is 0.330 e. The Morgan fingerprint density at radius 2 is 1.88 bits per heavy atom. The number of ketones is 1. The van der Waals surface area contributed by atoms with Crippen LogP contribution in [-0.4, -0.2) is 32.1 Å². The summed E-state index contributed by atoms with van der Waals surface area (Å²) in [6.45, 7) is 8.78. The molecule has 0 saturated carbocycles. The molecule has 0 aromatic rings. The van der Waals surface area contributed by atoms with E-state index in [2.05, 4.69) is 0 Å². The molecule has 4 nitrogen and oxygen atoms in total. The van der Waals surface area contributed by atoms with Gasteiger partial charge in [-0.3, -0.25) is 4.79 Å². The van der Waals surface area contributed by atoms with Crippen molar-refractivity contribution in [2.24, 2.45) is 11.3 Å². The Balaban J connectivity index is 2.30. The highest BCUT2D eigenvalue weighted by atomic mass is 16.8. The Hall–Kier alpha value is -0.450. The van der Waals surface area contributed by atoms with E-state index in [-0.39, 0.29) is 17.1 Å². The molecule has 0 aromatic heterocycles. The smallest absolute Gasteiger partial charge is 0.271 e. The molecule has 1 saturated heterocycles. The molecule has 0 bridgehead atoms. The highest BCUT2D eigenvalue weighted by Crippen LogP contribution is 2.22. The monoisotopic (exact) mass is 230 g/mol. The average molecular weight is 230 g/mol. The minimum Gasteiger partial charge on any atom is -0.330 e. The van der Waals surface area contributed by atoms with Gasteiger partial charge >= 0.3 is 0 Å². The molecule has 0 spiro atoms. The molecule has 0 N–H and O–H groups in total. The van der Waals surface area contributed by atoms with Gasteiger partial charge in [0.15, 0.2) is 0 Å². The first-order chi connectivity index (χ1) is 7.43. The summed E-state index contributed by atoms with van der Waals surface area (Å²) in [5.74, 6) is 0.406. The molecule has 1 heterocycles. The summed E-state index contributed by atoms with van der Waals surface area (Å²) in [7, 11) is 0. The minimum atomic E-state index is -0.550. The SMILES string of the molecule is CCOC1OCC(CC(=O)C(C)(C)C)CO1. The summed E-state index contributed by atoms with van der Waals surface area (Å²) in [5, 5.41) is 0. The van der Waals surface area contributed by atoms with Crippen LogP contribution in [0.3, 0.4) is 0 Å². The van der Waals surface area contributed by atoms with Crippen LogP contribution in [0.15, 0.2) is 0 Å². The van der Waals surface area contributed by atoms with Crippen molar-refractivity contribution in [2.45, 2.75) is 40.6 Å². The van der Waals surface area contributed by atoms with E-state index in [1.165, 1.54) is 0 Å². The van der Waals surface area contributed by atoms with Gasteiger partial charge in [0.25, 0.3) is 6.48 Å². The van der Waals surface area contributed by atoms with Crippen LogP contribution in [-0.2, 0) is 19.0 Å². The Bertz CT molecular complexity index is 224. The van der Waals surface area contributed by atoms with Gasteiger partial charge in [-0.05, 0) is 6.92 Å². The maximum Gasteiger partial charge on any atom is 0.271 e. The van der Waals surface area contributed by atoms with Gasteiger partial charge in [-0.2, -0.15) is 0 Å². The lowest BCUT2D eigenvalue weighted by Crippen LogP contribution is -2.36. The van der Waals surface area contributed by atoms with Gasteiger partial charge in [-0.25, -0.2) is 0 Å². The first-order valence-corrected chi connectivity index (χ1v) is 5.81. The van der Waals surface area contributed by atoms with Gasteiger partial charge in [0.2, 0.25) is 0 Å². The maximum atomic E-state index is 11.8. The van der Waals surface area contributed by atoms with E-state index in [9.17, 15) is 4.79 Å². The van der Waals surface area contributed by atoms with Crippen LogP contribution in [0.4, 0.5) is 0 Å². The normalized spacial score (nSPS) is 26.8. The molecular formula is C12H22O4. The highest BCUT2D eigenvalue weighted by molar-refractivity contribution is 5.83. The van der Waals surface area contributed by atoms with Crippen LogP contribution in [0.25, 0.3) is 0 Å². The number of ether oxygens (including phenoxy) is 3. The van der Waals surface area contributed by atoms with Crippen molar-refractivity contribution in [3.63, 3.8) is 0 Å². The Labute approximate surface area is 97.2 Å². The van der Waals surface area contributed by atoms with Gasteiger partial charge < -0.3 is 14.2 Å². The van der Waals surface area contributed by atoms with Crippen LogP contribution in [0, 0.1) is 11.3 Å². The lowest BCUT2D eigenvalue weighted by molar-refractivity contribution is -0.320. The fourth-order valence-corrected chi connectivity index (χ4v) is 1.44. The van der Waals surface area contributed by atoms with Gasteiger partial charge in [-0.15, -0.1) is 0 Å². The van der Waals surface area contributed by atoms with Crippen molar-refractivity contribution >= 4 is 5.78 Å². The second kappa shape index (κ2) is 5.75. The Kier molecular flexibility index (Phi) is 4.89. The lowest BCUT2D eigenvalue weighted by Gasteiger charge is -2.29. The molecule has 0 unspecified atom stereocenters. The zero-order valence-electron chi connectivity index (χ0n) is 10.6. The average Bonchev–Trinajstić information content (AvgIpc) is 2.20. The molecule has 1 aliphatic heterocycles. The van der Waals surface area contributed by atoms with Gasteiger partial charge in [-0.1, -0.05) is 20.8 Å².